The summed E-state index contributed by atoms with van der Waals surface area (Å²) in [5.74, 6) is -3.13. The second-order valence-corrected chi connectivity index (χ2v) is 10.8. The first-order chi connectivity index (χ1) is 18.2. The summed E-state index contributed by atoms with van der Waals surface area (Å²) in [4.78, 5) is 40.2. The van der Waals surface area contributed by atoms with Gasteiger partial charge in [-0.3, -0.25) is 25.0 Å². The number of hydrogen-bond acceptors (Lipinski definition) is 5. The molecular formula is C29H29F2N3O3S. The Balaban J connectivity index is 1.57. The number of benzene rings is 3. The summed E-state index contributed by atoms with van der Waals surface area (Å²) in [5.41, 5.74) is 1.72. The summed E-state index contributed by atoms with van der Waals surface area (Å²) in [6.07, 6.45) is -0.00680. The summed E-state index contributed by atoms with van der Waals surface area (Å²) in [5, 5.41) is 8.18. The zero-order chi connectivity index (χ0) is 27.2. The van der Waals surface area contributed by atoms with Crippen molar-refractivity contribution in [1.29, 1.82) is 0 Å². The number of rotatable bonds is 8. The third kappa shape index (κ3) is 7.05. The molecule has 6 nitrogen and oxygen atoms in total. The molecule has 0 radical (unpaired) electrons. The Morgan fingerprint density at radius 1 is 0.974 bits per heavy atom. The van der Waals surface area contributed by atoms with Crippen molar-refractivity contribution >= 4 is 35.2 Å². The van der Waals surface area contributed by atoms with Gasteiger partial charge in [0.05, 0.1) is 23.4 Å². The number of halogens is 2. The van der Waals surface area contributed by atoms with E-state index in [1.807, 2.05) is 68.4 Å². The lowest BCUT2D eigenvalue weighted by atomic mass is 9.99. The molecule has 3 aromatic carbocycles. The topological polar surface area (TPSA) is 87.3 Å². The average Bonchev–Trinajstić information content (AvgIpc) is 2.99. The van der Waals surface area contributed by atoms with Crippen LogP contribution in [0.4, 0.5) is 14.5 Å². The first-order valence-corrected chi connectivity index (χ1v) is 13.2. The number of carbonyl (C=O) groups is 3. The molecule has 38 heavy (non-hydrogen) atoms. The van der Waals surface area contributed by atoms with Crippen LogP contribution < -0.4 is 16.0 Å². The SMILES string of the molecule is CC(C)C[C@H](N[C@@H]1C(=O)Nc2ccccc2S[C@@H]1c1ccccc1)C(=O)NC(=O)Cc1cc(F)cc(F)c1. The van der Waals surface area contributed by atoms with Crippen LogP contribution in [-0.4, -0.2) is 29.8 Å². The molecule has 3 N–H and O–H groups in total. The molecule has 1 aliphatic heterocycles. The predicted octanol–water partition coefficient (Wildman–Crippen LogP) is 5.01. The Kier molecular flexibility index (Phi) is 8.91. The van der Waals surface area contributed by atoms with Crippen molar-refractivity contribution in [3.05, 3.63) is 95.6 Å². The molecule has 0 saturated carbocycles. The van der Waals surface area contributed by atoms with Crippen LogP contribution in [0.1, 0.15) is 36.6 Å². The van der Waals surface area contributed by atoms with E-state index < -0.39 is 35.5 Å². The number of imide groups is 1. The molecule has 0 spiro atoms. The first-order valence-electron chi connectivity index (χ1n) is 12.4. The van der Waals surface area contributed by atoms with Crippen LogP contribution in [0, 0.1) is 17.6 Å². The zero-order valence-corrected chi connectivity index (χ0v) is 21.9. The molecule has 0 aliphatic carbocycles. The predicted molar refractivity (Wildman–Crippen MR) is 143 cm³/mol. The van der Waals surface area contributed by atoms with Gasteiger partial charge in [-0.15, -0.1) is 11.8 Å². The highest BCUT2D eigenvalue weighted by molar-refractivity contribution is 7.99. The highest BCUT2D eigenvalue weighted by atomic mass is 32.2. The lowest BCUT2D eigenvalue weighted by Gasteiger charge is -2.29. The van der Waals surface area contributed by atoms with Crippen LogP contribution in [0.5, 0.6) is 0 Å². The second kappa shape index (κ2) is 12.3. The normalized spacial score (nSPS) is 17.8. The minimum atomic E-state index is -0.869. The minimum absolute atomic E-state index is 0.0690. The maximum absolute atomic E-state index is 13.5. The molecule has 198 valence electrons. The Hall–Kier alpha value is -3.56. The number of carbonyl (C=O) groups excluding carboxylic acids is 3. The van der Waals surface area contributed by atoms with E-state index in [4.69, 9.17) is 0 Å². The van der Waals surface area contributed by atoms with Gasteiger partial charge in [-0.05, 0) is 47.7 Å². The molecule has 9 heteroatoms. The number of para-hydroxylation sites is 1. The highest BCUT2D eigenvalue weighted by Gasteiger charge is 2.37. The highest BCUT2D eigenvalue weighted by Crippen LogP contribution is 2.43. The van der Waals surface area contributed by atoms with Crippen LogP contribution in [0.2, 0.25) is 0 Å². The lowest BCUT2D eigenvalue weighted by Crippen LogP contribution is -2.55. The standard InChI is InChI=1S/C29H29F2N3O3S/c1-17(2)12-23(28(36)34-25(35)15-18-13-20(30)16-21(31)14-18)32-26-27(19-8-4-3-5-9-19)38-24-11-7-6-10-22(24)33-29(26)37/h3-11,13-14,16-17,23,26-27,32H,12,15H2,1-2H3,(H,33,37)(H,34,35,36)/t23-,26-,27+/m0/s1. The molecule has 0 bridgehead atoms. The van der Waals surface area contributed by atoms with E-state index in [0.717, 1.165) is 22.6 Å². The first kappa shape index (κ1) is 27.5. The minimum Gasteiger partial charge on any atom is -0.324 e. The number of anilines is 1. The average molecular weight is 538 g/mol. The molecule has 0 aromatic heterocycles. The number of nitrogens with one attached hydrogen (secondary N) is 3. The van der Waals surface area contributed by atoms with E-state index in [0.29, 0.717) is 18.2 Å². The van der Waals surface area contributed by atoms with Crippen molar-refractivity contribution in [2.75, 3.05) is 5.32 Å². The van der Waals surface area contributed by atoms with Crippen molar-refractivity contribution < 1.29 is 23.2 Å². The summed E-state index contributed by atoms with van der Waals surface area (Å²) in [7, 11) is 0. The fourth-order valence-electron chi connectivity index (χ4n) is 4.40. The Morgan fingerprint density at radius 2 is 1.63 bits per heavy atom. The molecular weight excluding hydrogens is 508 g/mol. The van der Waals surface area contributed by atoms with Gasteiger partial charge in [0.25, 0.3) is 0 Å². The number of thioether (sulfide) groups is 1. The third-order valence-corrected chi connectivity index (χ3v) is 7.47. The third-order valence-electron chi connectivity index (χ3n) is 6.07. The monoisotopic (exact) mass is 537 g/mol. The quantitative estimate of drug-likeness (QED) is 0.376. The largest absolute Gasteiger partial charge is 0.324 e. The molecule has 3 aromatic rings. The Bertz CT molecular complexity index is 1300. The summed E-state index contributed by atoms with van der Waals surface area (Å²) < 4.78 is 27.1. The number of hydrogen-bond donors (Lipinski definition) is 3. The van der Waals surface area contributed by atoms with E-state index in [1.165, 1.54) is 11.8 Å². The number of fused-ring (bicyclic) bond motifs is 1. The van der Waals surface area contributed by atoms with E-state index >= 15 is 0 Å². The second-order valence-electron chi connectivity index (χ2n) is 9.63. The zero-order valence-electron chi connectivity index (χ0n) is 21.0. The molecule has 3 amide bonds. The van der Waals surface area contributed by atoms with E-state index in [9.17, 15) is 23.2 Å². The fourth-order valence-corrected chi connectivity index (χ4v) is 5.71. The molecule has 0 unspecified atom stereocenters. The Labute approximate surface area is 224 Å². The molecule has 4 rings (SSSR count). The van der Waals surface area contributed by atoms with Gasteiger partial charge in [0.2, 0.25) is 17.7 Å². The van der Waals surface area contributed by atoms with Crippen LogP contribution in [0.25, 0.3) is 0 Å². The maximum atomic E-state index is 13.5. The molecule has 1 aliphatic rings. The fraction of sp³-hybridized carbons (Fsp3) is 0.276. The van der Waals surface area contributed by atoms with Gasteiger partial charge in [0.1, 0.15) is 17.7 Å². The van der Waals surface area contributed by atoms with Gasteiger partial charge in [0, 0.05) is 11.0 Å². The van der Waals surface area contributed by atoms with Crippen LogP contribution in [-0.2, 0) is 20.8 Å². The van der Waals surface area contributed by atoms with Crippen molar-refractivity contribution in [2.24, 2.45) is 5.92 Å². The van der Waals surface area contributed by atoms with E-state index in [1.54, 1.807) is 0 Å². The van der Waals surface area contributed by atoms with Crippen LogP contribution in [0.15, 0.2) is 77.7 Å². The van der Waals surface area contributed by atoms with Gasteiger partial charge < -0.3 is 5.32 Å². The molecule has 3 atom stereocenters. The maximum Gasteiger partial charge on any atom is 0.243 e. The lowest BCUT2D eigenvalue weighted by molar-refractivity contribution is -0.131. The van der Waals surface area contributed by atoms with E-state index in [2.05, 4.69) is 16.0 Å². The van der Waals surface area contributed by atoms with Gasteiger partial charge in [-0.2, -0.15) is 0 Å². The van der Waals surface area contributed by atoms with Crippen molar-refractivity contribution in [3.63, 3.8) is 0 Å². The molecule has 1 heterocycles. The van der Waals surface area contributed by atoms with Crippen molar-refractivity contribution in [2.45, 2.75) is 48.9 Å². The van der Waals surface area contributed by atoms with Crippen LogP contribution >= 0.6 is 11.8 Å². The Morgan fingerprint density at radius 3 is 2.32 bits per heavy atom. The molecule has 0 fully saturated rings. The van der Waals surface area contributed by atoms with E-state index in [-0.39, 0.29) is 29.1 Å². The number of amides is 3. The summed E-state index contributed by atoms with van der Waals surface area (Å²) in [6, 6.07) is 18.2. The van der Waals surface area contributed by atoms with Crippen molar-refractivity contribution in [1.82, 2.24) is 10.6 Å². The van der Waals surface area contributed by atoms with Gasteiger partial charge in [-0.1, -0.05) is 56.3 Å². The summed E-state index contributed by atoms with van der Waals surface area (Å²) in [6.45, 7) is 3.87. The van der Waals surface area contributed by atoms with Crippen LogP contribution in [0.3, 0.4) is 0 Å². The van der Waals surface area contributed by atoms with Gasteiger partial charge in [0.15, 0.2) is 0 Å². The van der Waals surface area contributed by atoms with Gasteiger partial charge >= 0.3 is 0 Å². The van der Waals surface area contributed by atoms with Crippen molar-refractivity contribution in [3.8, 4) is 0 Å². The molecule has 0 saturated heterocycles. The smallest absolute Gasteiger partial charge is 0.243 e. The van der Waals surface area contributed by atoms with Gasteiger partial charge in [-0.25, -0.2) is 8.78 Å². The summed E-state index contributed by atoms with van der Waals surface area (Å²) >= 11 is 1.52.